The maximum atomic E-state index is 11.5. The molecule has 5 heteroatoms. The van der Waals surface area contributed by atoms with Crippen LogP contribution in [0.2, 0.25) is 0 Å². The molecule has 0 aliphatic carbocycles. The number of benzene rings is 1. The molecule has 0 aliphatic heterocycles. The fourth-order valence-corrected chi connectivity index (χ4v) is 2.14. The Kier molecular flexibility index (Phi) is 1.58. The smallest absolute Gasteiger partial charge is 0.396 e. The van der Waals surface area contributed by atoms with Gasteiger partial charge in [-0.1, -0.05) is 12.1 Å². The molecule has 2 heterocycles. The summed E-state index contributed by atoms with van der Waals surface area (Å²) in [6, 6.07) is 6.95. The Bertz CT molecular complexity index is 762. The van der Waals surface area contributed by atoms with Gasteiger partial charge in [0.15, 0.2) is 10.3 Å². The molecule has 0 saturated carbocycles. The van der Waals surface area contributed by atoms with Gasteiger partial charge in [-0.2, -0.15) is 0 Å². The van der Waals surface area contributed by atoms with Crippen LogP contribution in [0.4, 0.5) is 0 Å². The Labute approximate surface area is 86.4 Å². The van der Waals surface area contributed by atoms with Gasteiger partial charge in [-0.05, 0) is 23.5 Å². The second-order valence-electron chi connectivity index (χ2n) is 3.00. The second-order valence-corrected chi connectivity index (χ2v) is 3.94. The molecule has 0 unspecified atom stereocenters. The highest BCUT2D eigenvalue weighted by Crippen LogP contribution is 2.23. The molecule has 0 N–H and O–H groups in total. The minimum atomic E-state index is -0.528. The summed E-state index contributed by atoms with van der Waals surface area (Å²) in [6.45, 7) is 0. The fourth-order valence-electron chi connectivity index (χ4n) is 1.48. The number of hydrogen-bond donors (Lipinski definition) is 0. The molecular formula is C10H4O4S. The first-order valence-electron chi connectivity index (χ1n) is 4.21. The zero-order chi connectivity index (χ0) is 10.4. The van der Waals surface area contributed by atoms with Crippen molar-refractivity contribution in [1.82, 2.24) is 0 Å². The van der Waals surface area contributed by atoms with Crippen molar-refractivity contribution < 1.29 is 8.83 Å². The summed E-state index contributed by atoms with van der Waals surface area (Å²) >= 11 is 0.765. The van der Waals surface area contributed by atoms with Gasteiger partial charge in [-0.15, -0.1) is 0 Å². The lowest BCUT2D eigenvalue weighted by Gasteiger charge is -1.94. The van der Waals surface area contributed by atoms with Crippen molar-refractivity contribution in [2.24, 2.45) is 0 Å². The third kappa shape index (κ3) is 1.13. The molecule has 0 amide bonds. The molecule has 0 fully saturated rings. The highest BCUT2D eigenvalue weighted by Gasteiger charge is 2.12. The predicted molar refractivity (Wildman–Crippen MR) is 56.4 cm³/mol. The van der Waals surface area contributed by atoms with Crippen LogP contribution in [0.5, 0.6) is 0 Å². The molecule has 0 radical (unpaired) electrons. The van der Waals surface area contributed by atoms with Crippen molar-refractivity contribution in [3.63, 3.8) is 0 Å². The van der Waals surface area contributed by atoms with Crippen LogP contribution in [0, 0.1) is 0 Å². The predicted octanol–water partition coefficient (Wildman–Crippen LogP) is 1.96. The van der Waals surface area contributed by atoms with Gasteiger partial charge in [0.05, 0.1) is 5.39 Å². The topological polar surface area (TPSA) is 60.4 Å². The van der Waals surface area contributed by atoms with E-state index in [2.05, 4.69) is 0 Å². The molecule has 3 aromatic rings. The average molecular weight is 220 g/mol. The third-order valence-corrected chi connectivity index (χ3v) is 2.90. The van der Waals surface area contributed by atoms with E-state index in [9.17, 15) is 9.59 Å². The molecule has 15 heavy (non-hydrogen) atoms. The van der Waals surface area contributed by atoms with E-state index in [0.717, 1.165) is 11.3 Å². The van der Waals surface area contributed by atoms with Crippen molar-refractivity contribution in [2.75, 3.05) is 0 Å². The minimum absolute atomic E-state index is 0.235. The Morgan fingerprint density at radius 1 is 1.07 bits per heavy atom. The molecule has 2 aromatic heterocycles. The summed E-state index contributed by atoms with van der Waals surface area (Å²) in [4.78, 5) is 22.0. The van der Waals surface area contributed by atoms with Gasteiger partial charge in [0.25, 0.3) is 0 Å². The van der Waals surface area contributed by atoms with Crippen molar-refractivity contribution in [1.29, 1.82) is 0 Å². The van der Waals surface area contributed by atoms with Crippen LogP contribution < -0.4 is 10.6 Å². The van der Waals surface area contributed by atoms with Crippen LogP contribution in [0.1, 0.15) is 0 Å². The van der Waals surface area contributed by atoms with Gasteiger partial charge in [-0.25, -0.2) is 9.59 Å². The molecule has 0 saturated heterocycles. The largest absolute Gasteiger partial charge is 0.421 e. The zero-order valence-electron chi connectivity index (χ0n) is 7.35. The van der Waals surface area contributed by atoms with Crippen LogP contribution in [-0.4, -0.2) is 0 Å². The lowest BCUT2D eigenvalue weighted by atomic mass is 10.2. The molecule has 0 spiro atoms. The van der Waals surface area contributed by atoms with Crippen molar-refractivity contribution in [3.8, 4) is 0 Å². The summed E-state index contributed by atoms with van der Waals surface area (Å²) in [6.07, 6.45) is 0. The second kappa shape index (κ2) is 2.80. The minimum Gasteiger partial charge on any atom is -0.421 e. The van der Waals surface area contributed by atoms with Gasteiger partial charge in [0.2, 0.25) is 0 Å². The van der Waals surface area contributed by atoms with Gasteiger partial charge in [-0.3, -0.25) is 0 Å². The van der Waals surface area contributed by atoms with Gasteiger partial charge in [0, 0.05) is 0 Å². The Morgan fingerprint density at radius 3 is 2.73 bits per heavy atom. The van der Waals surface area contributed by atoms with Crippen molar-refractivity contribution in [2.45, 2.75) is 0 Å². The normalized spacial score (nSPS) is 11.2. The van der Waals surface area contributed by atoms with Gasteiger partial charge < -0.3 is 8.83 Å². The van der Waals surface area contributed by atoms with E-state index in [4.69, 9.17) is 8.83 Å². The summed E-state index contributed by atoms with van der Waals surface area (Å²) in [5.74, 6) is 0. The molecule has 1 aromatic carbocycles. The summed E-state index contributed by atoms with van der Waals surface area (Å²) in [5, 5.41) is 0.644. The first-order chi connectivity index (χ1) is 7.25. The molecule has 0 atom stereocenters. The lowest BCUT2D eigenvalue weighted by molar-refractivity contribution is 0.559. The zero-order valence-corrected chi connectivity index (χ0v) is 8.17. The quantitative estimate of drug-likeness (QED) is 0.543. The summed E-state index contributed by atoms with van der Waals surface area (Å²) in [7, 11) is 0. The monoisotopic (exact) mass is 220 g/mol. The summed E-state index contributed by atoms with van der Waals surface area (Å²) < 4.78 is 10.2. The highest BCUT2D eigenvalue weighted by atomic mass is 32.1. The van der Waals surface area contributed by atoms with Gasteiger partial charge in [0.1, 0.15) is 5.58 Å². The van der Waals surface area contributed by atoms with E-state index in [1.807, 2.05) is 0 Å². The Morgan fingerprint density at radius 2 is 1.87 bits per heavy atom. The van der Waals surface area contributed by atoms with Crippen LogP contribution in [0.3, 0.4) is 0 Å². The molecule has 0 bridgehead atoms. The van der Waals surface area contributed by atoms with E-state index < -0.39 is 10.6 Å². The summed E-state index contributed by atoms with van der Waals surface area (Å²) in [5.41, 5.74) is 0.216. The van der Waals surface area contributed by atoms with Crippen molar-refractivity contribution in [3.05, 3.63) is 44.4 Å². The number of para-hydroxylation sites is 1. The maximum absolute atomic E-state index is 11.5. The fraction of sp³-hybridized carbons (Fsp3) is 0. The molecule has 3 rings (SSSR count). The van der Waals surface area contributed by atoms with E-state index in [0.29, 0.717) is 16.6 Å². The van der Waals surface area contributed by atoms with E-state index in [1.165, 1.54) is 0 Å². The molecule has 74 valence electrons. The molecular weight excluding hydrogens is 216 g/mol. The van der Waals surface area contributed by atoms with Crippen molar-refractivity contribution >= 4 is 32.6 Å². The van der Waals surface area contributed by atoms with Crippen LogP contribution in [-0.2, 0) is 0 Å². The lowest BCUT2D eigenvalue weighted by Crippen LogP contribution is -1.96. The maximum Gasteiger partial charge on any atom is 0.396 e. The first-order valence-corrected chi connectivity index (χ1v) is 5.03. The Hall–Kier alpha value is -1.88. The molecule has 0 aliphatic rings. The number of rotatable bonds is 0. The van der Waals surface area contributed by atoms with E-state index in [-0.39, 0.29) is 4.70 Å². The van der Waals surface area contributed by atoms with Crippen LogP contribution in [0.15, 0.2) is 42.7 Å². The van der Waals surface area contributed by atoms with Crippen LogP contribution in [0.25, 0.3) is 21.3 Å². The standard InChI is InChI=1S/C10H4O4S/c11-9-8-7(14-10(12)15-8)5-3-1-2-4-6(5)13-9/h1-4H. The van der Waals surface area contributed by atoms with Gasteiger partial charge >= 0.3 is 10.6 Å². The number of hydrogen-bond acceptors (Lipinski definition) is 5. The van der Waals surface area contributed by atoms with E-state index >= 15 is 0 Å². The van der Waals surface area contributed by atoms with Crippen LogP contribution >= 0.6 is 11.3 Å². The Balaban J connectivity index is 2.75. The average Bonchev–Trinajstić information content (AvgIpc) is 2.61. The first kappa shape index (κ1) is 8.43. The van der Waals surface area contributed by atoms with E-state index in [1.54, 1.807) is 24.3 Å². The SMILES string of the molecule is O=c1oc2c(s1)c(=O)oc1ccccc12. The highest BCUT2D eigenvalue weighted by molar-refractivity contribution is 7.16. The number of fused-ring (bicyclic) bond motifs is 3. The molecule has 4 nitrogen and oxygen atoms in total. The third-order valence-electron chi connectivity index (χ3n) is 2.10.